The fourth-order valence-electron chi connectivity index (χ4n) is 1.13. The molecule has 0 saturated heterocycles. The van der Waals surface area contributed by atoms with E-state index in [-0.39, 0.29) is 0 Å². The maximum Gasteiger partial charge on any atom is 0.278 e. The smallest absolute Gasteiger partial charge is 0.278 e. The molecule has 0 N–H and O–H groups in total. The minimum absolute atomic E-state index is 0.328. The molecule has 0 unspecified atom stereocenters. The molecule has 0 aliphatic carbocycles. The molecule has 0 spiro atoms. The molecule has 0 aliphatic heterocycles. The van der Waals surface area contributed by atoms with Crippen LogP contribution in [-0.4, -0.2) is 4.98 Å². The fraction of sp³-hybridized carbons (Fsp3) is 0. The molecule has 0 atom stereocenters. The highest BCUT2D eigenvalue weighted by Crippen LogP contribution is 2.26. The van der Waals surface area contributed by atoms with Gasteiger partial charge in [-0.2, -0.15) is 10.5 Å². The maximum absolute atomic E-state index is 8.91. The van der Waals surface area contributed by atoms with Crippen LogP contribution in [0.1, 0.15) is 11.1 Å². The highest BCUT2D eigenvalue weighted by atomic mass is 32.1. The lowest BCUT2D eigenvalue weighted by Crippen LogP contribution is -1.88. The van der Waals surface area contributed by atoms with Gasteiger partial charge in [0.05, 0.1) is 17.2 Å². The van der Waals surface area contributed by atoms with Gasteiger partial charge in [0.15, 0.2) is 0 Å². The molecule has 1 heterocycles. The van der Waals surface area contributed by atoms with Crippen LogP contribution in [0.4, 0.5) is 0 Å². The van der Waals surface area contributed by atoms with Crippen molar-refractivity contribution < 1.29 is 4.74 Å². The second kappa shape index (κ2) is 4.43. The maximum atomic E-state index is 8.91. The Hall–Kier alpha value is -2.37. The van der Waals surface area contributed by atoms with E-state index >= 15 is 0 Å². The number of nitrogens with zero attached hydrogens (tertiary/aromatic N) is 3. The summed E-state index contributed by atoms with van der Waals surface area (Å²) >= 11 is 1.34. The van der Waals surface area contributed by atoms with Crippen LogP contribution in [0.5, 0.6) is 10.9 Å². The normalized spacial score (nSPS) is 9.12. The molecule has 16 heavy (non-hydrogen) atoms. The lowest BCUT2D eigenvalue weighted by Gasteiger charge is -2.03. The third-order valence-electron chi connectivity index (χ3n) is 1.84. The van der Waals surface area contributed by atoms with E-state index in [0.717, 1.165) is 0 Å². The number of hydrogen-bond donors (Lipinski definition) is 0. The van der Waals surface area contributed by atoms with E-state index < -0.39 is 0 Å². The summed E-state index contributed by atoms with van der Waals surface area (Å²) in [4.78, 5) is 3.95. The van der Waals surface area contributed by atoms with Crippen molar-refractivity contribution in [1.82, 2.24) is 4.98 Å². The zero-order valence-electron chi connectivity index (χ0n) is 8.04. The first-order valence-electron chi connectivity index (χ1n) is 4.35. The lowest BCUT2D eigenvalue weighted by atomic mass is 10.1. The monoisotopic (exact) mass is 227 g/mol. The van der Waals surface area contributed by atoms with Crippen molar-refractivity contribution in [3.05, 3.63) is 40.9 Å². The zero-order chi connectivity index (χ0) is 11.4. The van der Waals surface area contributed by atoms with Crippen molar-refractivity contribution in [3.63, 3.8) is 0 Å². The summed E-state index contributed by atoms with van der Waals surface area (Å²) in [5.74, 6) is 0.413. The molecule has 0 aliphatic rings. The van der Waals surface area contributed by atoms with Gasteiger partial charge in [0, 0.05) is 11.6 Å². The average Bonchev–Trinajstić information content (AvgIpc) is 2.82. The van der Waals surface area contributed by atoms with Crippen LogP contribution in [0.2, 0.25) is 0 Å². The molecule has 0 saturated carbocycles. The number of rotatable bonds is 2. The molecule has 2 aromatic rings. The van der Waals surface area contributed by atoms with Crippen LogP contribution >= 0.6 is 11.3 Å². The third-order valence-corrected chi connectivity index (χ3v) is 2.48. The van der Waals surface area contributed by atoms with Gasteiger partial charge in [-0.1, -0.05) is 11.3 Å². The van der Waals surface area contributed by atoms with Crippen molar-refractivity contribution in [1.29, 1.82) is 10.5 Å². The Morgan fingerprint density at radius 2 is 2.12 bits per heavy atom. The summed E-state index contributed by atoms with van der Waals surface area (Å²) in [5, 5.41) is 19.9. The van der Waals surface area contributed by atoms with Gasteiger partial charge in [0.1, 0.15) is 11.8 Å². The first kappa shape index (κ1) is 10.2. The summed E-state index contributed by atoms with van der Waals surface area (Å²) < 4.78 is 5.42. The molecule has 1 aromatic carbocycles. The van der Waals surface area contributed by atoms with Gasteiger partial charge in [-0.15, -0.1) is 0 Å². The second-order valence-electron chi connectivity index (χ2n) is 2.83. The standard InChI is InChI=1S/C11H5N3OS/c12-6-8-1-2-10(9(5-8)7-13)15-11-14-3-4-16-11/h1-5H. The molecule has 5 heteroatoms. The Labute approximate surface area is 96.0 Å². The number of ether oxygens (including phenoxy) is 1. The van der Waals surface area contributed by atoms with Gasteiger partial charge in [-0.25, -0.2) is 4.98 Å². The van der Waals surface area contributed by atoms with Crippen molar-refractivity contribution >= 4 is 11.3 Å². The molecular formula is C11H5N3OS. The predicted octanol–water partition coefficient (Wildman–Crippen LogP) is 2.68. The van der Waals surface area contributed by atoms with E-state index in [4.69, 9.17) is 15.3 Å². The lowest BCUT2D eigenvalue weighted by molar-refractivity contribution is 0.477. The summed E-state index contributed by atoms with van der Waals surface area (Å²) in [6.07, 6.45) is 1.62. The highest BCUT2D eigenvalue weighted by molar-refractivity contribution is 7.11. The van der Waals surface area contributed by atoms with Gasteiger partial charge in [0.25, 0.3) is 5.19 Å². The van der Waals surface area contributed by atoms with Crippen LogP contribution < -0.4 is 4.74 Å². The Morgan fingerprint density at radius 1 is 1.25 bits per heavy atom. The second-order valence-corrected chi connectivity index (χ2v) is 3.69. The van der Waals surface area contributed by atoms with E-state index in [1.165, 1.54) is 17.4 Å². The largest absolute Gasteiger partial charge is 0.429 e. The number of nitriles is 2. The summed E-state index contributed by atoms with van der Waals surface area (Å²) in [7, 11) is 0. The predicted molar refractivity (Wildman–Crippen MR) is 58.1 cm³/mol. The minimum Gasteiger partial charge on any atom is -0.429 e. The molecule has 0 bridgehead atoms. The molecule has 1 aromatic heterocycles. The molecular weight excluding hydrogens is 222 g/mol. The van der Waals surface area contributed by atoms with Crippen molar-refractivity contribution in [2.75, 3.05) is 0 Å². The first-order valence-corrected chi connectivity index (χ1v) is 5.23. The molecule has 0 amide bonds. The summed E-state index contributed by atoms with van der Waals surface area (Å²) in [6.45, 7) is 0. The van der Waals surface area contributed by atoms with E-state index in [2.05, 4.69) is 4.98 Å². The SMILES string of the molecule is N#Cc1ccc(Oc2nccs2)c(C#N)c1. The summed E-state index contributed by atoms with van der Waals surface area (Å²) in [6, 6.07) is 8.64. The van der Waals surface area contributed by atoms with Crippen LogP contribution in [0.3, 0.4) is 0 Å². The topological polar surface area (TPSA) is 69.7 Å². The van der Waals surface area contributed by atoms with Crippen LogP contribution in [0.25, 0.3) is 0 Å². The van der Waals surface area contributed by atoms with E-state index in [9.17, 15) is 0 Å². The highest BCUT2D eigenvalue weighted by Gasteiger charge is 2.07. The van der Waals surface area contributed by atoms with Crippen molar-refractivity contribution in [3.8, 4) is 23.1 Å². The molecule has 0 radical (unpaired) electrons. The Balaban J connectivity index is 2.36. The zero-order valence-corrected chi connectivity index (χ0v) is 8.86. The Kier molecular flexibility index (Phi) is 2.81. The van der Waals surface area contributed by atoms with Crippen LogP contribution in [-0.2, 0) is 0 Å². The Bertz CT molecular complexity index is 578. The molecule has 4 nitrogen and oxygen atoms in total. The van der Waals surface area contributed by atoms with Crippen molar-refractivity contribution in [2.45, 2.75) is 0 Å². The first-order chi connectivity index (χ1) is 7.83. The average molecular weight is 227 g/mol. The van der Waals surface area contributed by atoms with Crippen molar-refractivity contribution in [2.24, 2.45) is 0 Å². The third kappa shape index (κ3) is 2.00. The number of thiazole rings is 1. The molecule has 76 valence electrons. The van der Waals surface area contributed by atoms with Gasteiger partial charge < -0.3 is 4.74 Å². The quantitative estimate of drug-likeness (QED) is 0.790. The number of benzene rings is 1. The van der Waals surface area contributed by atoms with Gasteiger partial charge in [-0.05, 0) is 18.2 Å². The van der Waals surface area contributed by atoms with E-state index in [1.54, 1.807) is 23.7 Å². The fourth-order valence-corrected chi connectivity index (χ4v) is 1.63. The molecule has 0 fully saturated rings. The van der Waals surface area contributed by atoms with Gasteiger partial charge in [0.2, 0.25) is 0 Å². The summed E-state index contributed by atoms with van der Waals surface area (Å²) in [5.41, 5.74) is 0.761. The number of hydrogen-bond acceptors (Lipinski definition) is 5. The van der Waals surface area contributed by atoms with E-state index in [0.29, 0.717) is 22.1 Å². The Morgan fingerprint density at radius 3 is 2.75 bits per heavy atom. The minimum atomic E-state index is 0.328. The van der Waals surface area contributed by atoms with Gasteiger partial charge in [-0.3, -0.25) is 0 Å². The van der Waals surface area contributed by atoms with E-state index in [1.807, 2.05) is 12.1 Å². The van der Waals surface area contributed by atoms with Crippen LogP contribution in [0.15, 0.2) is 29.8 Å². The molecule has 2 rings (SSSR count). The van der Waals surface area contributed by atoms with Gasteiger partial charge >= 0.3 is 0 Å². The van der Waals surface area contributed by atoms with Crippen LogP contribution in [0, 0.1) is 22.7 Å². The number of aromatic nitrogens is 1.